The van der Waals surface area contributed by atoms with Crippen LogP contribution in [0.15, 0.2) is 39.1 Å². The Kier molecular flexibility index (Phi) is 3.95. The van der Waals surface area contributed by atoms with E-state index in [0.717, 1.165) is 0 Å². The maximum absolute atomic E-state index is 13.1. The van der Waals surface area contributed by atoms with Crippen molar-refractivity contribution in [2.24, 2.45) is 5.41 Å². The molecule has 0 bridgehead atoms. The number of carbonyl (C=O) groups is 1. The van der Waals surface area contributed by atoms with E-state index in [1.807, 2.05) is 13.8 Å². The van der Waals surface area contributed by atoms with Crippen LogP contribution in [-0.2, 0) is 4.79 Å². The van der Waals surface area contributed by atoms with Gasteiger partial charge in [0.15, 0.2) is 17.3 Å². The Labute approximate surface area is 160 Å². The highest BCUT2D eigenvalue weighted by molar-refractivity contribution is 6.01. The topological polar surface area (TPSA) is 124 Å². The summed E-state index contributed by atoms with van der Waals surface area (Å²) in [6.07, 6.45) is 0.962. The molecule has 1 unspecified atom stereocenters. The molecule has 0 radical (unpaired) electrons. The second-order valence-electron chi connectivity index (χ2n) is 8.02. The summed E-state index contributed by atoms with van der Waals surface area (Å²) in [5, 5.41) is 13.0. The number of phenols is 1. The summed E-state index contributed by atoms with van der Waals surface area (Å²) in [4.78, 5) is 42.4. The van der Waals surface area contributed by atoms with Gasteiger partial charge in [0.25, 0.3) is 5.56 Å². The van der Waals surface area contributed by atoms with Crippen molar-refractivity contribution in [3.63, 3.8) is 0 Å². The van der Waals surface area contributed by atoms with Gasteiger partial charge in [0.2, 0.25) is 0 Å². The van der Waals surface area contributed by atoms with Gasteiger partial charge in [-0.1, -0.05) is 19.9 Å². The molecule has 8 heteroatoms. The van der Waals surface area contributed by atoms with Gasteiger partial charge in [-0.3, -0.25) is 19.6 Å². The van der Waals surface area contributed by atoms with E-state index in [9.17, 15) is 19.5 Å². The van der Waals surface area contributed by atoms with Gasteiger partial charge < -0.3 is 15.2 Å². The minimum Gasteiger partial charge on any atom is -0.504 e. The number of carbonyl (C=O) groups excluding carboxylic acids is 1. The number of ketones is 1. The minimum absolute atomic E-state index is 0.0407. The second-order valence-corrected chi connectivity index (χ2v) is 8.02. The summed E-state index contributed by atoms with van der Waals surface area (Å²) in [7, 11) is 1.43. The number of H-pyrrole nitrogens is 2. The molecule has 0 amide bonds. The number of ether oxygens (including phenoxy) is 1. The van der Waals surface area contributed by atoms with Gasteiger partial charge in [0, 0.05) is 23.6 Å². The maximum atomic E-state index is 13.1. The molecule has 1 aromatic carbocycles. The zero-order chi connectivity index (χ0) is 20.2. The zero-order valence-electron chi connectivity index (χ0n) is 15.8. The number of rotatable bonds is 2. The van der Waals surface area contributed by atoms with Crippen molar-refractivity contribution < 1.29 is 14.6 Å². The van der Waals surface area contributed by atoms with Crippen molar-refractivity contribution in [2.45, 2.75) is 32.6 Å². The average Bonchev–Trinajstić information content (AvgIpc) is 2.59. The highest BCUT2D eigenvalue weighted by Crippen LogP contribution is 2.48. The number of hydrogen-bond acceptors (Lipinski definition) is 6. The number of aromatic amines is 2. The highest BCUT2D eigenvalue weighted by atomic mass is 16.5. The van der Waals surface area contributed by atoms with Crippen molar-refractivity contribution in [1.29, 1.82) is 0 Å². The van der Waals surface area contributed by atoms with Crippen LogP contribution >= 0.6 is 0 Å². The lowest BCUT2D eigenvalue weighted by Gasteiger charge is -2.38. The average molecular weight is 383 g/mol. The third-order valence-electron chi connectivity index (χ3n) is 5.29. The van der Waals surface area contributed by atoms with Crippen LogP contribution in [-0.4, -0.2) is 28.0 Å². The number of aromatic hydroxyl groups is 1. The first-order valence-corrected chi connectivity index (χ1v) is 8.97. The second kappa shape index (κ2) is 6.12. The van der Waals surface area contributed by atoms with Crippen molar-refractivity contribution in [2.75, 3.05) is 12.4 Å². The van der Waals surface area contributed by atoms with E-state index >= 15 is 0 Å². The summed E-state index contributed by atoms with van der Waals surface area (Å²) in [5.41, 5.74) is 0.675. The summed E-state index contributed by atoms with van der Waals surface area (Å²) in [5.74, 6) is -0.239. The Morgan fingerprint density at radius 1 is 1.14 bits per heavy atom. The van der Waals surface area contributed by atoms with Crippen LogP contribution in [0, 0.1) is 5.41 Å². The van der Waals surface area contributed by atoms with Crippen molar-refractivity contribution >= 4 is 11.6 Å². The molecular formula is C20H21N3O5. The number of hydrogen-bond donors (Lipinski definition) is 4. The van der Waals surface area contributed by atoms with E-state index < -0.39 is 17.2 Å². The van der Waals surface area contributed by atoms with E-state index in [0.29, 0.717) is 29.7 Å². The Morgan fingerprint density at radius 2 is 1.89 bits per heavy atom. The zero-order valence-corrected chi connectivity index (χ0v) is 15.8. The fourth-order valence-corrected chi connectivity index (χ4v) is 4.15. The fourth-order valence-electron chi connectivity index (χ4n) is 4.15. The molecule has 1 aliphatic carbocycles. The fraction of sp³-hybridized carbons (Fsp3) is 0.350. The Balaban J connectivity index is 2.01. The van der Waals surface area contributed by atoms with Crippen molar-refractivity contribution in [1.82, 2.24) is 9.97 Å². The number of fused-ring (bicyclic) bond motifs is 1. The Hall–Kier alpha value is -3.29. The smallest absolute Gasteiger partial charge is 0.327 e. The molecule has 1 aliphatic heterocycles. The SMILES string of the molecule is COc1cc(C2C3=C(CC(C)(C)CC3=O)Nc3[nH]c(=O)[nH]c(=O)c32)ccc1O. The normalized spacial score (nSPS) is 20.2. The lowest BCUT2D eigenvalue weighted by Crippen LogP contribution is -2.38. The summed E-state index contributed by atoms with van der Waals surface area (Å²) in [6.45, 7) is 4.01. The molecule has 146 valence electrons. The van der Waals surface area contributed by atoms with Crippen molar-refractivity contribution in [3.05, 3.63) is 61.4 Å². The number of phenolic OH excluding ortho intramolecular Hbond substituents is 1. The number of nitrogens with one attached hydrogen (secondary N) is 3. The third kappa shape index (κ3) is 2.81. The molecular weight excluding hydrogens is 362 g/mol. The summed E-state index contributed by atoms with van der Waals surface area (Å²) < 4.78 is 5.20. The van der Waals surface area contributed by atoms with E-state index in [2.05, 4.69) is 15.3 Å². The van der Waals surface area contributed by atoms with Gasteiger partial charge in [-0.2, -0.15) is 0 Å². The van der Waals surface area contributed by atoms with Crippen LogP contribution in [0.2, 0.25) is 0 Å². The van der Waals surface area contributed by atoms with E-state index in [1.54, 1.807) is 12.1 Å². The molecule has 28 heavy (non-hydrogen) atoms. The number of anilines is 1. The predicted molar refractivity (Wildman–Crippen MR) is 103 cm³/mol. The Morgan fingerprint density at radius 3 is 2.61 bits per heavy atom. The van der Waals surface area contributed by atoms with Gasteiger partial charge in [-0.05, 0) is 29.5 Å². The van der Waals surface area contributed by atoms with E-state index in [-0.39, 0.29) is 34.1 Å². The molecule has 4 N–H and O–H groups in total. The Bertz CT molecular complexity index is 1140. The molecule has 0 spiro atoms. The van der Waals surface area contributed by atoms with Crippen LogP contribution in [0.4, 0.5) is 5.82 Å². The highest BCUT2D eigenvalue weighted by Gasteiger charge is 2.42. The number of methoxy groups -OCH3 is 1. The van der Waals surface area contributed by atoms with Crippen LogP contribution < -0.4 is 21.3 Å². The van der Waals surface area contributed by atoms with Gasteiger partial charge in [-0.15, -0.1) is 0 Å². The molecule has 0 saturated carbocycles. The number of allylic oxidation sites excluding steroid dienone is 2. The van der Waals surface area contributed by atoms with Gasteiger partial charge in [0.05, 0.1) is 12.7 Å². The molecule has 4 rings (SSSR count). The molecule has 1 atom stereocenters. The van der Waals surface area contributed by atoms with Crippen LogP contribution in [0.5, 0.6) is 11.5 Å². The first-order chi connectivity index (χ1) is 13.2. The van der Waals surface area contributed by atoms with Crippen LogP contribution in [0.25, 0.3) is 0 Å². The monoisotopic (exact) mass is 383 g/mol. The molecule has 8 nitrogen and oxygen atoms in total. The summed E-state index contributed by atoms with van der Waals surface area (Å²) in [6, 6.07) is 4.73. The molecule has 2 aromatic rings. The van der Waals surface area contributed by atoms with Crippen LogP contribution in [0.1, 0.15) is 43.7 Å². The van der Waals surface area contributed by atoms with Gasteiger partial charge >= 0.3 is 5.69 Å². The van der Waals surface area contributed by atoms with Gasteiger partial charge in [-0.25, -0.2) is 4.79 Å². The lowest BCUT2D eigenvalue weighted by atomic mass is 9.69. The molecule has 1 aromatic heterocycles. The third-order valence-corrected chi connectivity index (χ3v) is 5.29. The minimum atomic E-state index is -0.676. The first-order valence-electron chi connectivity index (χ1n) is 8.97. The number of Topliss-reactive ketones (excluding diaryl/α,β-unsaturated/α-hetero) is 1. The molecule has 0 saturated heterocycles. The largest absolute Gasteiger partial charge is 0.504 e. The van der Waals surface area contributed by atoms with Crippen molar-refractivity contribution in [3.8, 4) is 11.5 Å². The maximum Gasteiger partial charge on any atom is 0.327 e. The quantitative estimate of drug-likeness (QED) is 0.629. The number of benzene rings is 1. The lowest BCUT2D eigenvalue weighted by molar-refractivity contribution is -0.118. The van der Waals surface area contributed by atoms with Gasteiger partial charge in [0.1, 0.15) is 5.82 Å². The number of aromatic nitrogens is 2. The van der Waals surface area contributed by atoms with E-state index in [4.69, 9.17) is 4.74 Å². The molecule has 2 heterocycles. The standard InChI is InChI=1S/C20H21N3O5/c1-20(2)7-10-15(12(25)8-20)14(9-4-5-11(24)13(6-9)28-3)16-17(21-10)22-19(27)23-18(16)26/h4-6,14,24H,7-8H2,1-3H3,(H3,21,22,23,26,27). The summed E-state index contributed by atoms with van der Waals surface area (Å²) >= 11 is 0. The molecule has 2 aliphatic rings. The molecule has 0 fully saturated rings. The van der Waals surface area contributed by atoms with Crippen LogP contribution in [0.3, 0.4) is 0 Å². The van der Waals surface area contributed by atoms with E-state index in [1.165, 1.54) is 13.2 Å². The first kappa shape index (κ1) is 18.1. The predicted octanol–water partition coefficient (Wildman–Crippen LogP) is 1.98.